The van der Waals surface area contributed by atoms with Crippen LogP contribution in [-0.4, -0.2) is 28.8 Å². The van der Waals surface area contributed by atoms with Crippen molar-refractivity contribution in [1.82, 2.24) is 13.9 Å². The third-order valence-electron chi connectivity index (χ3n) is 5.95. The highest BCUT2D eigenvalue weighted by molar-refractivity contribution is 7.89. The van der Waals surface area contributed by atoms with E-state index >= 15 is 0 Å². The molecule has 6 nitrogen and oxygen atoms in total. The quantitative estimate of drug-likeness (QED) is 0.349. The molecule has 1 atom stereocenters. The van der Waals surface area contributed by atoms with Gasteiger partial charge in [0.25, 0.3) is 5.56 Å². The second-order valence-corrected chi connectivity index (χ2v) is 10.3. The van der Waals surface area contributed by atoms with Crippen molar-refractivity contribution in [2.45, 2.75) is 44.6 Å². The molecular formula is C27H29N3O3S. The largest absolute Gasteiger partial charge is 0.268 e. The fourth-order valence-electron chi connectivity index (χ4n) is 4.14. The number of aromatic nitrogens is 2. The van der Waals surface area contributed by atoms with Crippen molar-refractivity contribution >= 4 is 20.9 Å². The number of fused-ring (bicyclic) bond motifs is 1. The number of nitrogens with zero attached hydrogens (tertiary/aromatic N) is 3. The van der Waals surface area contributed by atoms with Crippen LogP contribution in [0, 0.1) is 6.92 Å². The lowest BCUT2D eigenvalue weighted by atomic mass is 10.1. The van der Waals surface area contributed by atoms with Gasteiger partial charge in [-0.3, -0.25) is 9.36 Å². The van der Waals surface area contributed by atoms with Crippen molar-refractivity contribution in [2.24, 2.45) is 0 Å². The molecule has 34 heavy (non-hydrogen) atoms. The maximum absolute atomic E-state index is 13.7. The molecule has 0 saturated heterocycles. The zero-order valence-electron chi connectivity index (χ0n) is 19.7. The maximum atomic E-state index is 13.7. The molecule has 3 aromatic carbocycles. The molecule has 0 radical (unpaired) electrons. The topological polar surface area (TPSA) is 72.3 Å². The van der Waals surface area contributed by atoms with E-state index in [0.29, 0.717) is 35.4 Å². The van der Waals surface area contributed by atoms with Gasteiger partial charge in [0.2, 0.25) is 10.0 Å². The van der Waals surface area contributed by atoms with Crippen LogP contribution < -0.4 is 5.56 Å². The lowest BCUT2D eigenvalue weighted by molar-refractivity contribution is 0.322. The predicted molar refractivity (Wildman–Crippen MR) is 136 cm³/mol. The first kappa shape index (κ1) is 23.9. The molecule has 0 N–H and O–H groups in total. The number of sulfonamides is 1. The average Bonchev–Trinajstić information content (AvgIpc) is 2.84. The van der Waals surface area contributed by atoms with Crippen LogP contribution in [0.1, 0.15) is 44.1 Å². The highest BCUT2D eigenvalue weighted by Crippen LogP contribution is 2.29. The van der Waals surface area contributed by atoms with E-state index in [9.17, 15) is 13.2 Å². The molecule has 0 amide bonds. The highest BCUT2D eigenvalue weighted by Gasteiger charge is 2.32. The summed E-state index contributed by atoms with van der Waals surface area (Å²) in [7, 11) is -3.82. The van der Waals surface area contributed by atoms with Crippen molar-refractivity contribution in [2.75, 3.05) is 6.54 Å². The Balaban J connectivity index is 1.96. The van der Waals surface area contributed by atoms with Gasteiger partial charge >= 0.3 is 0 Å². The van der Waals surface area contributed by atoms with Crippen molar-refractivity contribution in [3.05, 3.63) is 101 Å². The summed E-state index contributed by atoms with van der Waals surface area (Å²) < 4.78 is 30.5. The van der Waals surface area contributed by atoms with Crippen molar-refractivity contribution in [3.8, 4) is 5.69 Å². The van der Waals surface area contributed by atoms with Crippen LogP contribution in [0.4, 0.5) is 0 Å². The summed E-state index contributed by atoms with van der Waals surface area (Å²) >= 11 is 0. The van der Waals surface area contributed by atoms with Crippen LogP contribution >= 0.6 is 0 Å². The number of rotatable bonds is 8. The van der Waals surface area contributed by atoms with Crippen LogP contribution in [0.25, 0.3) is 16.6 Å². The van der Waals surface area contributed by atoms with Crippen LogP contribution in [0.5, 0.6) is 0 Å². The summed E-state index contributed by atoms with van der Waals surface area (Å²) in [4.78, 5) is 18.7. The van der Waals surface area contributed by atoms with Gasteiger partial charge in [0.15, 0.2) is 0 Å². The maximum Gasteiger partial charge on any atom is 0.266 e. The van der Waals surface area contributed by atoms with Gasteiger partial charge in [-0.15, -0.1) is 0 Å². The second kappa shape index (κ2) is 9.91. The summed E-state index contributed by atoms with van der Waals surface area (Å²) in [5.41, 5.74) is 1.99. The van der Waals surface area contributed by atoms with E-state index in [2.05, 4.69) is 0 Å². The third kappa shape index (κ3) is 4.54. The second-order valence-electron chi connectivity index (χ2n) is 8.43. The highest BCUT2D eigenvalue weighted by atomic mass is 32.2. The Morgan fingerprint density at radius 3 is 2.38 bits per heavy atom. The summed E-state index contributed by atoms with van der Waals surface area (Å²) in [5, 5.41) is 0.492. The Morgan fingerprint density at radius 1 is 0.971 bits per heavy atom. The average molecular weight is 476 g/mol. The molecule has 0 fully saturated rings. The van der Waals surface area contributed by atoms with Gasteiger partial charge in [-0.25, -0.2) is 13.4 Å². The minimum atomic E-state index is -3.82. The Bertz CT molecular complexity index is 1460. The van der Waals surface area contributed by atoms with Gasteiger partial charge in [0.1, 0.15) is 5.82 Å². The van der Waals surface area contributed by atoms with Gasteiger partial charge in [-0.1, -0.05) is 55.8 Å². The molecule has 0 bridgehead atoms. The van der Waals surface area contributed by atoms with Crippen LogP contribution in [0.15, 0.2) is 88.6 Å². The van der Waals surface area contributed by atoms with Crippen molar-refractivity contribution < 1.29 is 8.42 Å². The minimum absolute atomic E-state index is 0.217. The van der Waals surface area contributed by atoms with Crippen LogP contribution in [0.2, 0.25) is 0 Å². The molecule has 1 aromatic heterocycles. The van der Waals surface area contributed by atoms with E-state index in [1.165, 1.54) is 4.31 Å². The number of hydrogen-bond acceptors (Lipinski definition) is 4. The molecule has 176 valence electrons. The van der Waals surface area contributed by atoms with E-state index in [4.69, 9.17) is 4.98 Å². The van der Waals surface area contributed by atoms with E-state index in [0.717, 1.165) is 12.0 Å². The summed E-state index contributed by atoms with van der Waals surface area (Å²) in [6, 6.07) is 22.5. The van der Waals surface area contributed by atoms with E-state index in [1.54, 1.807) is 54.0 Å². The number of hydrogen-bond donors (Lipinski definition) is 0. The van der Waals surface area contributed by atoms with Gasteiger partial charge < -0.3 is 0 Å². The first-order chi connectivity index (χ1) is 16.3. The Labute approximate surface area is 200 Å². The molecule has 0 aliphatic heterocycles. The van der Waals surface area contributed by atoms with Crippen LogP contribution in [-0.2, 0) is 10.0 Å². The van der Waals surface area contributed by atoms with E-state index in [-0.39, 0.29) is 10.5 Å². The smallest absolute Gasteiger partial charge is 0.266 e. The molecule has 1 unspecified atom stereocenters. The molecule has 7 heteroatoms. The van der Waals surface area contributed by atoms with Gasteiger partial charge in [-0.05, 0) is 62.2 Å². The molecular weight excluding hydrogens is 446 g/mol. The SMILES string of the molecule is CCCCN(C(C)c1nc2ccccc2c(=O)n1-c1cccc(C)c1)S(=O)(=O)c1ccccc1. The number of para-hydroxylation sites is 1. The first-order valence-electron chi connectivity index (χ1n) is 11.5. The standard InChI is InChI=1S/C27H29N3O3S/c1-4-5-18-29(34(32,33)23-14-7-6-8-15-23)21(3)26-28-25-17-10-9-16-24(25)27(31)30(26)22-13-11-12-20(2)19-22/h6-17,19,21H,4-5,18H2,1-3H3. The van der Waals surface area contributed by atoms with Gasteiger partial charge in [0.05, 0.1) is 27.5 Å². The molecule has 0 aliphatic carbocycles. The molecule has 1 heterocycles. The predicted octanol–water partition coefficient (Wildman–Crippen LogP) is 5.25. The summed E-state index contributed by atoms with van der Waals surface area (Å²) in [5.74, 6) is 0.393. The Morgan fingerprint density at radius 2 is 1.68 bits per heavy atom. The monoisotopic (exact) mass is 475 g/mol. The molecule has 0 spiro atoms. The fourth-order valence-corrected chi connectivity index (χ4v) is 5.79. The number of unbranched alkanes of at least 4 members (excludes halogenated alkanes) is 1. The first-order valence-corrected chi connectivity index (χ1v) is 12.9. The van der Waals surface area contributed by atoms with Gasteiger partial charge in [0, 0.05) is 6.54 Å². The molecule has 4 aromatic rings. The fraction of sp³-hybridized carbons (Fsp3) is 0.259. The molecule has 4 rings (SSSR count). The number of benzene rings is 3. The Kier molecular flexibility index (Phi) is 6.95. The Hall–Kier alpha value is -3.29. The zero-order chi connectivity index (χ0) is 24.3. The number of aryl methyl sites for hydroxylation is 1. The van der Waals surface area contributed by atoms with Crippen LogP contribution in [0.3, 0.4) is 0 Å². The lowest BCUT2D eigenvalue weighted by Crippen LogP contribution is -2.38. The van der Waals surface area contributed by atoms with Crippen molar-refractivity contribution in [3.63, 3.8) is 0 Å². The lowest BCUT2D eigenvalue weighted by Gasteiger charge is -2.29. The molecule has 0 saturated carbocycles. The zero-order valence-corrected chi connectivity index (χ0v) is 20.5. The summed E-state index contributed by atoms with van der Waals surface area (Å²) in [6.45, 7) is 6.11. The van der Waals surface area contributed by atoms with Crippen molar-refractivity contribution in [1.29, 1.82) is 0 Å². The minimum Gasteiger partial charge on any atom is -0.268 e. The normalized spacial score (nSPS) is 12.8. The summed E-state index contributed by atoms with van der Waals surface area (Å²) in [6.07, 6.45) is 1.53. The van der Waals surface area contributed by atoms with E-state index < -0.39 is 16.1 Å². The van der Waals surface area contributed by atoms with E-state index in [1.807, 2.05) is 50.2 Å². The van der Waals surface area contributed by atoms with Gasteiger partial charge in [-0.2, -0.15) is 4.31 Å². The third-order valence-corrected chi connectivity index (χ3v) is 7.93. The molecule has 0 aliphatic rings.